The monoisotopic (exact) mass is 398 g/mol. The van der Waals surface area contributed by atoms with Crippen LogP contribution in [0, 0.1) is 5.41 Å². The maximum absolute atomic E-state index is 12.5. The van der Waals surface area contributed by atoms with Gasteiger partial charge >= 0.3 is 5.97 Å². The van der Waals surface area contributed by atoms with Gasteiger partial charge in [-0.15, -0.1) is 0 Å². The fourth-order valence-corrected chi connectivity index (χ4v) is 3.19. The van der Waals surface area contributed by atoms with Gasteiger partial charge in [-0.1, -0.05) is 66.2 Å². The molecule has 0 amide bonds. The van der Waals surface area contributed by atoms with Gasteiger partial charge in [0.05, 0.1) is 19.5 Å². The van der Waals surface area contributed by atoms with Crippen LogP contribution in [0.15, 0.2) is 11.8 Å². The van der Waals surface area contributed by atoms with Crippen molar-refractivity contribution < 1.29 is 19.0 Å². The molecule has 4 heteroatoms. The van der Waals surface area contributed by atoms with Gasteiger partial charge in [0.15, 0.2) is 5.60 Å². The summed E-state index contributed by atoms with van der Waals surface area (Å²) in [5.41, 5.74) is 0.218. The van der Waals surface area contributed by atoms with Crippen LogP contribution in [-0.2, 0) is 19.0 Å². The van der Waals surface area contributed by atoms with Crippen molar-refractivity contribution >= 4 is 5.97 Å². The molecule has 0 aliphatic carbocycles. The summed E-state index contributed by atoms with van der Waals surface area (Å²) in [6.07, 6.45) is 12.2. The summed E-state index contributed by atoms with van der Waals surface area (Å²) in [7, 11) is 0. The molecular formula is C24H46O4. The van der Waals surface area contributed by atoms with Crippen molar-refractivity contribution in [1.29, 1.82) is 0 Å². The van der Waals surface area contributed by atoms with Gasteiger partial charge in [-0.05, 0) is 45.4 Å². The van der Waals surface area contributed by atoms with Crippen molar-refractivity contribution in [2.75, 3.05) is 19.8 Å². The van der Waals surface area contributed by atoms with Crippen molar-refractivity contribution in [2.45, 2.75) is 112 Å². The van der Waals surface area contributed by atoms with Crippen LogP contribution in [0.2, 0.25) is 0 Å². The molecule has 0 rings (SSSR count). The van der Waals surface area contributed by atoms with Gasteiger partial charge in [-0.3, -0.25) is 0 Å². The van der Waals surface area contributed by atoms with Crippen molar-refractivity contribution in [2.24, 2.45) is 5.41 Å². The van der Waals surface area contributed by atoms with Crippen LogP contribution in [0.5, 0.6) is 0 Å². The topological polar surface area (TPSA) is 44.8 Å². The Balaban J connectivity index is 4.27. The standard InChI is InChI=1S/C24H46O4/c1-8-21(20-26-9-2)24(7,22(25)27-10-3)28-19-17-15-13-11-12-14-16-18-23(4,5)6/h20H,8-19H2,1-7H3. The van der Waals surface area contributed by atoms with E-state index in [0.29, 0.717) is 31.7 Å². The highest BCUT2D eigenvalue weighted by molar-refractivity contribution is 5.83. The number of rotatable bonds is 16. The zero-order valence-corrected chi connectivity index (χ0v) is 19.7. The van der Waals surface area contributed by atoms with Gasteiger partial charge in [-0.2, -0.15) is 0 Å². The fourth-order valence-electron chi connectivity index (χ4n) is 3.19. The van der Waals surface area contributed by atoms with Crippen LogP contribution in [0.25, 0.3) is 0 Å². The first kappa shape index (κ1) is 27.0. The van der Waals surface area contributed by atoms with E-state index in [9.17, 15) is 4.79 Å². The van der Waals surface area contributed by atoms with E-state index in [0.717, 1.165) is 18.4 Å². The highest BCUT2D eigenvalue weighted by Crippen LogP contribution is 2.27. The van der Waals surface area contributed by atoms with E-state index in [1.807, 2.05) is 20.8 Å². The molecule has 1 unspecified atom stereocenters. The second kappa shape index (κ2) is 14.9. The molecule has 0 aromatic rings. The Bertz CT molecular complexity index is 436. The Morgan fingerprint density at radius 2 is 1.39 bits per heavy atom. The lowest BCUT2D eigenvalue weighted by atomic mass is 9.89. The summed E-state index contributed by atoms with van der Waals surface area (Å²) >= 11 is 0. The van der Waals surface area contributed by atoms with Crippen LogP contribution >= 0.6 is 0 Å². The number of ether oxygens (including phenoxy) is 3. The number of hydrogen-bond acceptors (Lipinski definition) is 4. The molecule has 1 atom stereocenters. The summed E-state index contributed by atoms with van der Waals surface area (Å²) in [5.74, 6) is -0.332. The van der Waals surface area contributed by atoms with Gasteiger partial charge < -0.3 is 14.2 Å². The Kier molecular flexibility index (Phi) is 14.3. The smallest absolute Gasteiger partial charge is 0.342 e. The van der Waals surface area contributed by atoms with E-state index in [4.69, 9.17) is 14.2 Å². The maximum Gasteiger partial charge on any atom is 0.342 e. The first-order valence-corrected chi connectivity index (χ1v) is 11.3. The maximum atomic E-state index is 12.5. The molecule has 0 aliphatic rings. The molecule has 0 saturated carbocycles. The van der Waals surface area contributed by atoms with Gasteiger partial charge in [0.2, 0.25) is 0 Å². The predicted octanol–water partition coefficient (Wildman–Crippen LogP) is 6.82. The molecule has 0 bridgehead atoms. The highest BCUT2D eigenvalue weighted by Gasteiger charge is 2.39. The lowest BCUT2D eigenvalue weighted by Crippen LogP contribution is -2.42. The van der Waals surface area contributed by atoms with Gasteiger partial charge in [0.25, 0.3) is 0 Å². The van der Waals surface area contributed by atoms with Crippen LogP contribution in [0.1, 0.15) is 106 Å². The molecule has 0 N–H and O–H groups in total. The molecule has 0 heterocycles. The SMILES string of the molecule is CCOC=C(CC)C(C)(OCCCCCCCCCC(C)(C)C)C(=O)OCC. The molecule has 166 valence electrons. The minimum absolute atomic E-state index is 0.332. The Morgan fingerprint density at radius 1 is 0.821 bits per heavy atom. The fraction of sp³-hybridized carbons (Fsp3) is 0.875. The minimum atomic E-state index is -1.06. The zero-order valence-electron chi connectivity index (χ0n) is 19.7. The quantitative estimate of drug-likeness (QED) is 0.162. The summed E-state index contributed by atoms with van der Waals surface area (Å²) in [5, 5.41) is 0. The third kappa shape index (κ3) is 11.7. The number of hydrogen-bond donors (Lipinski definition) is 0. The Morgan fingerprint density at radius 3 is 1.89 bits per heavy atom. The predicted molar refractivity (Wildman–Crippen MR) is 117 cm³/mol. The average molecular weight is 399 g/mol. The van der Waals surface area contributed by atoms with Gasteiger partial charge in [-0.25, -0.2) is 4.79 Å². The van der Waals surface area contributed by atoms with E-state index < -0.39 is 5.60 Å². The molecule has 28 heavy (non-hydrogen) atoms. The van der Waals surface area contributed by atoms with Gasteiger partial charge in [0, 0.05) is 12.2 Å². The lowest BCUT2D eigenvalue weighted by Gasteiger charge is -2.29. The summed E-state index contributed by atoms with van der Waals surface area (Å²) in [4.78, 5) is 12.5. The van der Waals surface area contributed by atoms with Crippen molar-refractivity contribution in [3.8, 4) is 0 Å². The largest absolute Gasteiger partial charge is 0.501 e. The second-order valence-corrected chi connectivity index (χ2v) is 8.84. The molecule has 0 fully saturated rings. The first-order valence-electron chi connectivity index (χ1n) is 11.3. The Hall–Kier alpha value is -1.03. The van der Waals surface area contributed by atoms with E-state index in [1.54, 1.807) is 13.2 Å². The summed E-state index contributed by atoms with van der Waals surface area (Å²) in [6.45, 7) is 16.0. The number of carbonyl (C=O) groups is 1. The normalized spacial score (nSPS) is 14.6. The Labute approximate surface area is 174 Å². The summed E-state index contributed by atoms with van der Waals surface area (Å²) in [6, 6.07) is 0. The average Bonchev–Trinajstić information content (AvgIpc) is 2.63. The van der Waals surface area contributed by atoms with E-state index in [1.165, 1.54) is 38.5 Å². The van der Waals surface area contributed by atoms with E-state index >= 15 is 0 Å². The molecule has 0 aliphatic heterocycles. The van der Waals surface area contributed by atoms with Crippen molar-refractivity contribution in [3.05, 3.63) is 11.8 Å². The highest BCUT2D eigenvalue weighted by atomic mass is 16.6. The van der Waals surface area contributed by atoms with Gasteiger partial charge in [0.1, 0.15) is 0 Å². The minimum Gasteiger partial charge on any atom is -0.501 e. The molecular weight excluding hydrogens is 352 g/mol. The van der Waals surface area contributed by atoms with Crippen LogP contribution in [0.3, 0.4) is 0 Å². The van der Waals surface area contributed by atoms with Crippen LogP contribution in [0.4, 0.5) is 0 Å². The third-order valence-electron chi connectivity index (χ3n) is 5.01. The number of unbranched alkanes of at least 4 members (excludes halogenated alkanes) is 6. The molecule has 0 radical (unpaired) electrons. The molecule has 4 nitrogen and oxygen atoms in total. The lowest BCUT2D eigenvalue weighted by molar-refractivity contribution is -0.165. The molecule has 0 saturated heterocycles. The zero-order chi connectivity index (χ0) is 21.5. The molecule has 0 spiro atoms. The van der Waals surface area contributed by atoms with Crippen molar-refractivity contribution in [1.82, 2.24) is 0 Å². The third-order valence-corrected chi connectivity index (χ3v) is 5.01. The summed E-state index contributed by atoms with van der Waals surface area (Å²) < 4.78 is 16.7. The molecule has 0 aromatic heterocycles. The molecule has 0 aromatic carbocycles. The van der Waals surface area contributed by atoms with E-state index in [2.05, 4.69) is 20.8 Å². The first-order chi connectivity index (χ1) is 13.2. The van der Waals surface area contributed by atoms with E-state index in [-0.39, 0.29) is 5.97 Å². The second-order valence-electron chi connectivity index (χ2n) is 8.84. The van der Waals surface area contributed by atoms with Crippen molar-refractivity contribution in [3.63, 3.8) is 0 Å². The van der Waals surface area contributed by atoms with Crippen LogP contribution < -0.4 is 0 Å². The number of esters is 1. The number of carbonyl (C=O) groups excluding carboxylic acids is 1. The van der Waals surface area contributed by atoms with Crippen LogP contribution in [-0.4, -0.2) is 31.4 Å².